The first-order valence-corrected chi connectivity index (χ1v) is 4.96. The highest BCUT2D eigenvalue weighted by Crippen LogP contribution is 2.28. The van der Waals surface area contributed by atoms with Gasteiger partial charge >= 0.3 is 0 Å². The van der Waals surface area contributed by atoms with Crippen LogP contribution < -0.4 is 9.47 Å². The van der Waals surface area contributed by atoms with Crippen molar-refractivity contribution in [2.45, 2.75) is 0 Å². The molecule has 0 radical (unpaired) electrons. The van der Waals surface area contributed by atoms with Gasteiger partial charge in [-0.25, -0.2) is 9.97 Å². The van der Waals surface area contributed by atoms with Gasteiger partial charge in [0, 0.05) is 0 Å². The minimum absolute atomic E-state index is 0.389. The molecular weight excluding hydrogens is 228 g/mol. The molecule has 16 heavy (non-hydrogen) atoms. The van der Waals surface area contributed by atoms with Crippen molar-refractivity contribution in [3.05, 3.63) is 41.7 Å². The van der Waals surface area contributed by atoms with E-state index in [1.807, 2.05) is 12.1 Å². The number of halogens is 1. The lowest BCUT2D eigenvalue weighted by Gasteiger charge is -2.06. The van der Waals surface area contributed by atoms with Crippen LogP contribution in [0.5, 0.6) is 17.5 Å². The monoisotopic (exact) mass is 236 g/mol. The zero-order chi connectivity index (χ0) is 11.4. The van der Waals surface area contributed by atoms with E-state index in [9.17, 15) is 0 Å². The lowest BCUT2D eigenvalue weighted by molar-refractivity contribution is 0.388. The number of hydrogen-bond acceptors (Lipinski definition) is 4. The van der Waals surface area contributed by atoms with E-state index >= 15 is 0 Å². The molecule has 0 N–H and O–H groups in total. The molecule has 0 aliphatic heterocycles. The van der Waals surface area contributed by atoms with Gasteiger partial charge < -0.3 is 9.47 Å². The summed E-state index contributed by atoms with van der Waals surface area (Å²) in [5.41, 5.74) is 0. The number of hydrogen-bond donors (Lipinski definition) is 0. The minimum Gasteiger partial charge on any atom is -0.481 e. The largest absolute Gasteiger partial charge is 0.481 e. The highest BCUT2D eigenvalue weighted by Gasteiger charge is 2.04. The van der Waals surface area contributed by atoms with E-state index in [0.717, 1.165) is 0 Å². The normalized spacial score (nSPS) is 9.88. The summed E-state index contributed by atoms with van der Waals surface area (Å²) in [5.74, 6) is 1.38. The second kappa shape index (κ2) is 4.81. The molecule has 0 unspecified atom stereocenters. The number of nitrogens with zero attached hydrogens (tertiary/aromatic N) is 2. The summed E-state index contributed by atoms with van der Waals surface area (Å²) in [4.78, 5) is 7.83. The fourth-order valence-corrected chi connectivity index (χ4v) is 1.30. The highest BCUT2D eigenvalue weighted by molar-refractivity contribution is 6.32. The van der Waals surface area contributed by atoms with Crippen LogP contribution in [0.1, 0.15) is 0 Å². The van der Waals surface area contributed by atoms with E-state index in [1.165, 1.54) is 13.4 Å². The molecule has 1 heterocycles. The highest BCUT2D eigenvalue weighted by atomic mass is 35.5. The first kappa shape index (κ1) is 10.7. The van der Waals surface area contributed by atoms with E-state index in [0.29, 0.717) is 22.5 Å². The summed E-state index contributed by atoms with van der Waals surface area (Å²) < 4.78 is 10.4. The van der Waals surface area contributed by atoms with Crippen molar-refractivity contribution in [3.8, 4) is 17.5 Å². The zero-order valence-corrected chi connectivity index (χ0v) is 9.31. The number of ether oxygens (including phenoxy) is 2. The zero-order valence-electron chi connectivity index (χ0n) is 8.55. The van der Waals surface area contributed by atoms with Crippen LogP contribution in [0.4, 0.5) is 0 Å². The van der Waals surface area contributed by atoms with E-state index in [2.05, 4.69) is 9.97 Å². The molecule has 5 heteroatoms. The topological polar surface area (TPSA) is 44.2 Å². The van der Waals surface area contributed by atoms with Gasteiger partial charge in [-0.15, -0.1) is 0 Å². The summed E-state index contributed by atoms with van der Waals surface area (Å²) in [6, 6.07) is 8.75. The summed E-state index contributed by atoms with van der Waals surface area (Å²) in [7, 11) is 1.53. The van der Waals surface area contributed by atoms with Crippen molar-refractivity contribution in [3.63, 3.8) is 0 Å². The van der Waals surface area contributed by atoms with Gasteiger partial charge in [0.1, 0.15) is 12.1 Å². The number of rotatable bonds is 3. The van der Waals surface area contributed by atoms with Gasteiger partial charge in [0.2, 0.25) is 11.8 Å². The van der Waals surface area contributed by atoms with E-state index in [4.69, 9.17) is 21.1 Å². The van der Waals surface area contributed by atoms with Crippen molar-refractivity contribution in [2.75, 3.05) is 7.11 Å². The van der Waals surface area contributed by atoms with Gasteiger partial charge in [0.25, 0.3) is 0 Å². The van der Waals surface area contributed by atoms with Crippen LogP contribution in [0, 0.1) is 0 Å². The van der Waals surface area contributed by atoms with Crippen molar-refractivity contribution < 1.29 is 9.47 Å². The van der Waals surface area contributed by atoms with E-state index in [1.54, 1.807) is 18.2 Å². The molecule has 0 bridgehead atoms. The van der Waals surface area contributed by atoms with Crippen LogP contribution >= 0.6 is 11.6 Å². The van der Waals surface area contributed by atoms with Crippen molar-refractivity contribution in [1.82, 2.24) is 9.97 Å². The smallest absolute Gasteiger partial charge is 0.226 e. The molecule has 2 rings (SSSR count). The van der Waals surface area contributed by atoms with Crippen molar-refractivity contribution in [2.24, 2.45) is 0 Å². The Balaban J connectivity index is 2.24. The quantitative estimate of drug-likeness (QED) is 0.822. The second-order valence-electron chi connectivity index (χ2n) is 2.93. The predicted molar refractivity (Wildman–Crippen MR) is 60.1 cm³/mol. The molecule has 0 spiro atoms. The third-order valence-corrected chi connectivity index (χ3v) is 2.19. The van der Waals surface area contributed by atoms with E-state index in [-0.39, 0.29) is 0 Å². The van der Waals surface area contributed by atoms with Gasteiger partial charge in [-0.1, -0.05) is 23.7 Å². The van der Waals surface area contributed by atoms with Gasteiger partial charge in [-0.2, -0.15) is 0 Å². The number of aromatic nitrogens is 2. The first-order chi connectivity index (χ1) is 7.79. The molecule has 2 aromatic rings. The molecule has 1 aromatic carbocycles. The Kier molecular flexibility index (Phi) is 3.22. The summed E-state index contributed by atoms with van der Waals surface area (Å²) >= 11 is 5.95. The molecule has 4 nitrogen and oxygen atoms in total. The number of methoxy groups -OCH3 is 1. The number of para-hydroxylation sites is 1. The van der Waals surface area contributed by atoms with Crippen LogP contribution in [0.3, 0.4) is 0 Å². The summed E-state index contributed by atoms with van der Waals surface area (Å²) in [6.07, 6.45) is 1.37. The third kappa shape index (κ3) is 2.41. The first-order valence-electron chi connectivity index (χ1n) is 4.58. The van der Waals surface area contributed by atoms with Crippen LogP contribution in [-0.4, -0.2) is 17.1 Å². The minimum atomic E-state index is 0.389. The molecule has 1 aromatic heterocycles. The second-order valence-corrected chi connectivity index (χ2v) is 3.34. The maximum absolute atomic E-state index is 5.95. The van der Waals surface area contributed by atoms with Crippen molar-refractivity contribution >= 4 is 11.6 Å². The van der Waals surface area contributed by atoms with Gasteiger partial charge in [-0.3, -0.25) is 0 Å². The molecule has 0 fully saturated rings. The maximum Gasteiger partial charge on any atom is 0.226 e. The Morgan fingerprint density at radius 2 is 1.88 bits per heavy atom. The third-order valence-electron chi connectivity index (χ3n) is 1.88. The SMILES string of the molecule is COc1cc(Oc2ccccc2Cl)ncn1. The standard InChI is InChI=1S/C11H9ClN2O2/c1-15-10-6-11(14-7-13-10)16-9-5-3-2-4-8(9)12/h2-7H,1H3. The Morgan fingerprint density at radius 1 is 1.12 bits per heavy atom. The fraction of sp³-hybridized carbons (Fsp3) is 0.0909. The predicted octanol–water partition coefficient (Wildman–Crippen LogP) is 2.93. The molecule has 0 aliphatic carbocycles. The molecule has 0 amide bonds. The molecule has 0 atom stereocenters. The molecule has 0 aliphatic rings. The Morgan fingerprint density at radius 3 is 2.62 bits per heavy atom. The molecular formula is C11H9ClN2O2. The van der Waals surface area contributed by atoms with Crippen LogP contribution in [0.15, 0.2) is 36.7 Å². The number of benzene rings is 1. The van der Waals surface area contributed by atoms with Crippen LogP contribution in [0.2, 0.25) is 5.02 Å². The summed E-state index contributed by atoms with van der Waals surface area (Å²) in [5, 5.41) is 0.528. The Bertz CT molecular complexity index is 491. The molecule has 0 saturated heterocycles. The Hall–Kier alpha value is -1.81. The molecule has 0 saturated carbocycles. The Labute approximate surface area is 97.8 Å². The fourth-order valence-electron chi connectivity index (χ4n) is 1.13. The van der Waals surface area contributed by atoms with Gasteiger partial charge in [0.05, 0.1) is 18.2 Å². The average molecular weight is 237 g/mol. The van der Waals surface area contributed by atoms with Crippen LogP contribution in [-0.2, 0) is 0 Å². The van der Waals surface area contributed by atoms with E-state index < -0.39 is 0 Å². The lowest BCUT2D eigenvalue weighted by Crippen LogP contribution is -1.92. The van der Waals surface area contributed by atoms with Crippen LogP contribution in [0.25, 0.3) is 0 Å². The van der Waals surface area contributed by atoms with Crippen molar-refractivity contribution in [1.29, 1.82) is 0 Å². The average Bonchev–Trinajstić information content (AvgIpc) is 2.32. The molecule has 82 valence electrons. The van der Waals surface area contributed by atoms with Gasteiger partial charge in [0.15, 0.2) is 0 Å². The maximum atomic E-state index is 5.95. The lowest BCUT2D eigenvalue weighted by atomic mass is 10.3. The van der Waals surface area contributed by atoms with Gasteiger partial charge in [-0.05, 0) is 12.1 Å². The summed E-state index contributed by atoms with van der Waals surface area (Å²) in [6.45, 7) is 0.